The number of carbonyl (C=O) groups is 1. The molecule has 1 aromatic heterocycles. The highest BCUT2D eigenvalue weighted by Gasteiger charge is 2.40. The average molecular weight is 349 g/mol. The van der Waals surface area contributed by atoms with Gasteiger partial charge in [0.25, 0.3) is 0 Å². The zero-order valence-corrected chi connectivity index (χ0v) is 12.2. The first-order chi connectivity index (χ1) is 10.8. The molecule has 0 aliphatic heterocycles. The second kappa shape index (κ2) is 7.01. The van der Waals surface area contributed by atoms with E-state index in [1.165, 1.54) is 34.3 Å². The van der Waals surface area contributed by atoms with Crippen LogP contribution in [-0.2, 0) is 4.79 Å². The van der Waals surface area contributed by atoms with Crippen LogP contribution in [0.25, 0.3) is 10.6 Å². The number of hydrogen-bond acceptors (Lipinski definition) is 5. The Hall–Kier alpha value is -2.07. The summed E-state index contributed by atoms with van der Waals surface area (Å²) in [6, 6.07) is 4.28. The summed E-state index contributed by atoms with van der Waals surface area (Å²) in [7, 11) is 0. The maximum absolute atomic E-state index is 12.9. The van der Waals surface area contributed by atoms with E-state index >= 15 is 0 Å². The van der Waals surface area contributed by atoms with E-state index in [0.717, 1.165) is 0 Å². The number of hydrogen-bond donors (Lipinski definition) is 2. The van der Waals surface area contributed by atoms with E-state index in [0.29, 0.717) is 10.6 Å². The summed E-state index contributed by atoms with van der Waals surface area (Å²) in [5.41, 5.74) is 2.40. The smallest absolute Gasteiger partial charge is 0.386 e. The molecule has 2 aromatic rings. The van der Waals surface area contributed by atoms with Crippen LogP contribution < -0.4 is 5.32 Å². The molecule has 0 fully saturated rings. The first kappa shape index (κ1) is 17.3. The van der Waals surface area contributed by atoms with E-state index in [1.807, 2.05) is 0 Å². The molecule has 2 atom stereocenters. The van der Waals surface area contributed by atoms with E-state index < -0.39 is 30.9 Å². The topological polar surface area (TPSA) is 75.1 Å². The molecule has 0 radical (unpaired) electrons. The lowest BCUT2D eigenvalue weighted by Gasteiger charge is -2.22. The number of carbonyl (C=O) groups excluding carboxylic acids is 1. The Labute approximate surface area is 132 Å². The number of aliphatic hydroxyl groups excluding tert-OH is 1. The summed E-state index contributed by atoms with van der Waals surface area (Å²) < 4.78 is 49.5. The molecule has 2 rings (SSSR count). The standard InChI is InChI=1S/C13H11F4N3O2S/c14-5-9(19-12(22)13(15,16)17)10(21)7-1-3-8(4-2-7)11-20-18-6-23-11/h1-4,6,9-10,21H,5H2,(H,19,22). The summed E-state index contributed by atoms with van der Waals surface area (Å²) in [4.78, 5) is 10.9. The highest BCUT2D eigenvalue weighted by molar-refractivity contribution is 7.12. The molecule has 2 unspecified atom stereocenters. The second-order valence-corrected chi connectivity index (χ2v) is 5.38. The maximum atomic E-state index is 12.9. The molecule has 1 aromatic carbocycles. The normalized spacial score (nSPS) is 14.3. The van der Waals surface area contributed by atoms with Crippen molar-refractivity contribution in [1.82, 2.24) is 15.5 Å². The fourth-order valence-electron chi connectivity index (χ4n) is 1.81. The predicted octanol–water partition coefficient (Wildman–Crippen LogP) is 2.26. The zero-order valence-electron chi connectivity index (χ0n) is 11.4. The van der Waals surface area contributed by atoms with Crippen LogP contribution in [0.1, 0.15) is 11.7 Å². The molecule has 0 saturated heterocycles. The Morgan fingerprint density at radius 2 is 1.96 bits per heavy atom. The molecule has 0 aliphatic rings. The van der Waals surface area contributed by atoms with Crippen LogP contribution in [-0.4, -0.2) is 40.1 Å². The number of amides is 1. The number of aromatic nitrogens is 2. The molecular weight excluding hydrogens is 338 g/mol. The molecule has 10 heteroatoms. The monoisotopic (exact) mass is 349 g/mol. The molecule has 2 N–H and O–H groups in total. The number of rotatable bonds is 5. The van der Waals surface area contributed by atoms with Crippen molar-refractivity contribution in [1.29, 1.82) is 0 Å². The van der Waals surface area contributed by atoms with Crippen LogP contribution in [0.15, 0.2) is 29.8 Å². The quantitative estimate of drug-likeness (QED) is 0.812. The minimum atomic E-state index is -5.14. The van der Waals surface area contributed by atoms with Gasteiger partial charge in [-0.1, -0.05) is 35.6 Å². The first-order valence-electron chi connectivity index (χ1n) is 6.31. The van der Waals surface area contributed by atoms with Crippen molar-refractivity contribution in [2.24, 2.45) is 0 Å². The fraction of sp³-hybridized carbons (Fsp3) is 0.308. The lowest BCUT2D eigenvalue weighted by atomic mass is 10.0. The Morgan fingerprint density at radius 1 is 1.30 bits per heavy atom. The van der Waals surface area contributed by atoms with Gasteiger partial charge in [-0.3, -0.25) is 4.79 Å². The predicted molar refractivity (Wildman–Crippen MR) is 74.3 cm³/mol. The maximum Gasteiger partial charge on any atom is 0.471 e. The molecule has 0 saturated carbocycles. The Kier molecular flexibility index (Phi) is 5.26. The molecule has 1 amide bonds. The minimum absolute atomic E-state index is 0.170. The summed E-state index contributed by atoms with van der Waals surface area (Å²) >= 11 is 1.29. The van der Waals surface area contributed by atoms with Crippen molar-refractivity contribution >= 4 is 17.2 Å². The average Bonchev–Trinajstić information content (AvgIpc) is 3.05. The lowest BCUT2D eigenvalue weighted by molar-refractivity contribution is -0.175. The van der Waals surface area contributed by atoms with Gasteiger partial charge in [-0.05, 0) is 5.56 Å². The highest BCUT2D eigenvalue weighted by atomic mass is 32.1. The van der Waals surface area contributed by atoms with Crippen LogP contribution in [0.5, 0.6) is 0 Å². The van der Waals surface area contributed by atoms with E-state index in [-0.39, 0.29) is 5.56 Å². The molecule has 5 nitrogen and oxygen atoms in total. The molecule has 23 heavy (non-hydrogen) atoms. The van der Waals surface area contributed by atoms with E-state index in [4.69, 9.17) is 0 Å². The number of aliphatic hydroxyl groups is 1. The molecule has 124 valence electrons. The number of nitrogens with one attached hydrogen (secondary N) is 1. The van der Waals surface area contributed by atoms with Crippen LogP contribution in [0.3, 0.4) is 0 Å². The van der Waals surface area contributed by atoms with Gasteiger partial charge in [0, 0.05) is 5.56 Å². The third-order valence-corrected chi connectivity index (χ3v) is 3.72. The molecule has 0 bridgehead atoms. The van der Waals surface area contributed by atoms with Gasteiger partial charge in [0.05, 0.1) is 6.04 Å². The van der Waals surface area contributed by atoms with E-state index in [9.17, 15) is 27.5 Å². The Bertz CT molecular complexity index is 646. The van der Waals surface area contributed by atoms with E-state index in [2.05, 4.69) is 10.2 Å². The van der Waals surface area contributed by atoms with Crippen LogP contribution in [0.2, 0.25) is 0 Å². The highest BCUT2D eigenvalue weighted by Crippen LogP contribution is 2.25. The third-order valence-electron chi connectivity index (χ3n) is 2.98. The summed E-state index contributed by atoms with van der Waals surface area (Å²) in [6.07, 6.45) is -6.76. The second-order valence-electron chi connectivity index (χ2n) is 4.54. The van der Waals surface area contributed by atoms with Gasteiger partial charge in [-0.2, -0.15) is 13.2 Å². The zero-order chi connectivity index (χ0) is 17.0. The van der Waals surface area contributed by atoms with Gasteiger partial charge >= 0.3 is 12.1 Å². The number of benzene rings is 1. The summed E-state index contributed by atoms with van der Waals surface area (Å²) in [6.45, 7) is -1.35. The van der Waals surface area contributed by atoms with Gasteiger partial charge in [-0.15, -0.1) is 10.2 Å². The Balaban J connectivity index is 2.11. The third kappa shape index (κ3) is 4.23. The van der Waals surface area contributed by atoms with Gasteiger partial charge in [0.15, 0.2) is 0 Å². The summed E-state index contributed by atoms with van der Waals surface area (Å²) in [5, 5.41) is 19.5. The van der Waals surface area contributed by atoms with E-state index in [1.54, 1.807) is 12.1 Å². The van der Waals surface area contributed by atoms with Crippen molar-refractivity contribution in [3.63, 3.8) is 0 Å². The number of nitrogens with zero attached hydrogens (tertiary/aromatic N) is 2. The van der Waals surface area contributed by atoms with Crippen LogP contribution in [0.4, 0.5) is 17.6 Å². The lowest BCUT2D eigenvalue weighted by Crippen LogP contribution is -2.46. The molecular formula is C13H11F4N3O2S. The van der Waals surface area contributed by atoms with Crippen LogP contribution >= 0.6 is 11.3 Å². The number of alkyl halides is 4. The van der Waals surface area contributed by atoms with Crippen molar-refractivity contribution in [2.75, 3.05) is 6.67 Å². The summed E-state index contributed by atoms with van der Waals surface area (Å²) in [5.74, 6) is -2.30. The molecule has 1 heterocycles. The molecule has 0 aliphatic carbocycles. The van der Waals surface area contributed by atoms with Gasteiger partial charge in [0.2, 0.25) is 0 Å². The first-order valence-corrected chi connectivity index (χ1v) is 7.19. The van der Waals surface area contributed by atoms with Crippen LogP contribution in [0, 0.1) is 0 Å². The fourth-order valence-corrected chi connectivity index (χ4v) is 2.37. The van der Waals surface area contributed by atoms with Gasteiger partial charge in [0.1, 0.15) is 23.3 Å². The SMILES string of the molecule is O=C(NC(CF)C(O)c1ccc(-c2nncs2)cc1)C(F)(F)F. The minimum Gasteiger partial charge on any atom is -0.386 e. The Morgan fingerprint density at radius 3 is 2.43 bits per heavy atom. The molecule has 0 spiro atoms. The largest absolute Gasteiger partial charge is 0.471 e. The number of halogens is 4. The van der Waals surface area contributed by atoms with Crippen molar-refractivity contribution in [2.45, 2.75) is 18.3 Å². The van der Waals surface area contributed by atoms with Crippen molar-refractivity contribution in [3.05, 3.63) is 35.3 Å². The van der Waals surface area contributed by atoms with Gasteiger partial charge < -0.3 is 10.4 Å². The van der Waals surface area contributed by atoms with Crippen molar-refractivity contribution < 1.29 is 27.5 Å². The van der Waals surface area contributed by atoms with Gasteiger partial charge in [-0.25, -0.2) is 4.39 Å². The van der Waals surface area contributed by atoms with Crippen molar-refractivity contribution in [3.8, 4) is 10.6 Å².